The molecule has 4 rings (SSSR count). The van der Waals surface area contributed by atoms with Gasteiger partial charge in [-0.15, -0.1) is 5.10 Å². The van der Waals surface area contributed by atoms with Crippen molar-refractivity contribution in [2.75, 3.05) is 11.4 Å². The van der Waals surface area contributed by atoms with Gasteiger partial charge in [0, 0.05) is 18.8 Å². The van der Waals surface area contributed by atoms with Crippen molar-refractivity contribution in [3.63, 3.8) is 0 Å². The average Bonchev–Trinajstić information content (AvgIpc) is 3.38. The second-order valence-corrected chi connectivity index (χ2v) is 7.79. The van der Waals surface area contributed by atoms with Crippen molar-refractivity contribution in [1.82, 2.24) is 20.2 Å². The van der Waals surface area contributed by atoms with Gasteiger partial charge < -0.3 is 9.64 Å². The number of aromatic nitrogens is 4. The maximum atomic E-state index is 13.3. The average molecular weight is 397 g/mol. The molecular weight excluding hydrogens is 370 g/mol. The molecule has 1 amide bonds. The molecule has 1 fully saturated rings. The van der Waals surface area contributed by atoms with Crippen molar-refractivity contribution in [2.24, 2.45) is 11.8 Å². The Labute approximate surface area is 170 Å². The number of carbonyl (C=O) groups excluding carboxylic acids is 2. The molecule has 1 aromatic carbocycles. The second-order valence-electron chi connectivity index (χ2n) is 7.79. The van der Waals surface area contributed by atoms with E-state index in [2.05, 4.69) is 21.6 Å². The molecule has 8 heteroatoms. The lowest BCUT2D eigenvalue weighted by atomic mass is 9.78. The summed E-state index contributed by atoms with van der Waals surface area (Å²) in [6.07, 6.45) is 5.07. The minimum atomic E-state index is -0.403. The second kappa shape index (κ2) is 8.71. The van der Waals surface area contributed by atoms with Crippen LogP contribution in [0.15, 0.2) is 24.3 Å². The lowest BCUT2D eigenvalue weighted by Crippen LogP contribution is -2.42. The van der Waals surface area contributed by atoms with Gasteiger partial charge in [0.2, 0.25) is 5.91 Å². The Morgan fingerprint density at radius 1 is 1.17 bits per heavy atom. The van der Waals surface area contributed by atoms with Crippen molar-refractivity contribution in [2.45, 2.75) is 58.6 Å². The predicted molar refractivity (Wildman–Crippen MR) is 106 cm³/mol. The van der Waals surface area contributed by atoms with Gasteiger partial charge in [-0.2, -0.15) is 0 Å². The number of aryl methyl sites for hydroxylation is 1. The number of tetrazole rings is 1. The monoisotopic (exact) mass is 397 g/mol. The topological polar surface area (TPSA) is 90.2 Å². The first-order valence-corrected chi connectivity index (χ1v) is 10.5. The number of fused-ring (bicyclic) bond motifs is 1. The van der Waals surface area contributed by atoms with E-state index >= 15 is 0 Å². The first-order chi connectivity index (χ1) is 14.2. The van der Waals surface area contributed by atoms with Crippen LogP contribution in [-0.2, 0) is 33.9 Å². The molecule has 2 heterocycles. The van der Waals surface area contributed by atoms with Gasteiger partial charge in [0.25, 0.3) is 0 Å². The van der Waals surface area contributed by atoms with E-state index in [1.165, 1.54) is 5.56 Å². The lowest BCUT2D eigenvalue weighted by Gasteiger charge is -2.32. The fourth-order valence-electron chi connectivity index (χ4n) is 4.43. The summed E-state index contributed by atoms with van der Waals surface area (Å²) in [6.45, 7) is 3.43. The van der Waals surface area contributed by atoms with E-state index in [0.717, 1.165) is 37.8 Å². The third-order valence-corrected chi connectivity index (χ3v) is 5.92. The molecule has 0 saturated heterocycles. The van der Waals surface area contributed by atoms with Crippen LogP contribution in [0.5, 0.6) is 0 Å². The van der Waals surface area contributed by atoms with Crippen LogP contribution in [0.1, 0.15) is 50.4 Å². The van der Waals surface area contributed by atoms with E-state index in [4.69, 9.17) is 4.74 Å². The Bertz CT molecular complexity index is 881. The highest BCUT2D eigenvalue weighted by molar-refractivity contribution is 5.99. The van der Waals surface area contributed by atoms with Crippen molar-refractivity contribution < 1.29 is 14.3 Å². The van der Waals surface area contributed by atoms with Crippen LogP contribution >= 0.6 is 0 Å². The van der Waals surface area contributed by atoms with Gasteiger partial charge in [-0.25, -0.2) is 4.68 Å². The number of hydrogen-bond donors (Lipinski definition) is 0. The predicted octanol–water partition coefficient (Wildman–Crippen LogP) is 2.52. The van der Waals surface area contributed by atoms with Gasteiger partial charge in [0.15, 0.2) is 12.4 Å². The minimum absolute atomic E-state index is 0.0375. The molecule has 154 valence electrons. The molecule has 1 saturated carbocycles. The van der Waals surface area contributed by atoms with Crippen LogP contribution in [0.2, 0.25) is 0 Å². The van der Waals surface area contributed by atoms with E-state index in [9.17, 15) is 9.59 Å². The molecule has 0 spiro atoms. The maximum absolute atomic E-state index is 13.3. The zero-order chi connectivity index (χ0) is 20.2. The number of carbonyl (C=O) groups is 2. The van der Waals surface area contributed by atoms with Crippen molar-refractivity contribution in [3.05, 3.63) is 35.7 Å². The summed E-state index contributed by atoms with van der Waals surface area (Å²) in [4.78, 5) is 28.1. The Balaban J connectivity index is 1.44. The molecule has 0 bridgehead atoms. The summed E-state index contributed by atoms with van der Waals surface area (Å²) < 4.78 is 7.20. The summed E-state index contributed by atoms with van der Waals surface area (Å²) in [6, 6.07) is 8.01. The zero-order valence-corrected chi connectivity index (χ0v) is 16.8. The quantitative estimate of drug-likeness (QED) is 0.696. The highest BCUT2D eigenvalue weighted by Crippen LogP contribution is 2.36. The number of benzene rings is 1. The van der Waals surface area contributed by atoms with Gasteiger partial charge in [-0.05, 0) is 47.7 Å². The molecule has 2 aliphatic rings. The number of nitrogens with zero attached hydrogens (tertiary/aromatic N) is 5. The molecule has 2 unspecified atom stereocenters. The van der Waals surface area contributed by atoms with Gasteiger partial charge in [-0.1, -0.05) is 38.0 Å². The van der Waals surface area contributed by atoms with Crippen LogP contribution < -0.4 is 4.90 Å². The van der Waals surface area contributed by atoms with Crippen LogP contribution in [0.25, 0.3) is 0 Å². The fraction of sp³-hybridized carbons (Fsp3) is 0.571. The number of ether oxygens (including phenoxy) is 1. The SMILES string of the molecule is CCCn1nnnc1COC(=O)C1CCCCC1C(=O)N1CCc2ccccc21. The van der Waals surface area contributed by atoms with Gasteiger partial charge in [-0.3, -0.25) is 9.59 Å². The summed E-state index contributed by atoms with van der Waals surface area (Å²) in [5.74, 6) is -0.463. The summed E-state index contributed by atoms with van der Waals surface area (Å²) >= 11 is 0. The van der Waals surface area contributed by atoms with Crippen molar-refractivity contribution >= 4 is 17.6 Å². The highest BCUT2D eigenvalue weighted by atomic mass is 16.5. The Kier molecular flexibility index (Phi) is 5.87. The number of hydrogen-bond acceptors (Lipinski definition) is 6. The fourth-order valence-corrected chi connectivity index (χ4v) is 4.43. The third kappa shape index (κ3) is 4.02. The van der Waals surface area contributed by atoms with E-state index in [-0.39, 0.29) is 24.4 Å². The van der Waals surface area contributed by atoms with Gasteiger partial charge >= 0.3 is 5.97 Å². The third-order valence-electron chi connectivity index (χ3n) is 5.92. The lowest BCUT2D eigenvalue weighted by molar-refractivity contribution is -0.155. The molecule has 1 aromatic heterocycles. The Morgan fingerprint density at radius 2 is 1.97 bits per heavy atom. The largest absolute Gasteiger partial charge is 0.457 e. The first kappa shape index (κ1) is 19.5. The van der Waals surface area contributed by atoms with Gasteiger partial charge in [0.1, 0.15) is 0 Å². The molecule has 29 heavy (non-hydrogen) atoms. The van der Waals surface area contributed by atoms with Crippen LogP contribution in [0.4, 0.5) is 5.69 Å². The Hall–Kier alpha value is -2.77. The van der Waals surface area contributed by atoms with E-state index in [1.807, 2.05) is 30.0 Å². The number of esters is 1. The molecule has 8 nitrogen and oxygen atoms in total. The molecule has 1 aliphatic heterocycles. The molecule has 0 N–H and O–H groups in total. The summed E-state index contributed by atoms with van der Waals surface area (Å²) in [5.41, 5.74) is 2.17. The molecule has 2 aromatic rings. The van der Waals surface area contributed by atoms with Crippen molar-refractivity contribution in [3.8, 4) is 0 Å². The highest BCUT2D eigenvalue weighted by Gasteiger charge is 2.40. The zero-order valence-electron chi connectivity index (χ0n) is 16.8. The number of amides is 1. The normalized spacial score (nSPS) is 21.1. The summed E-state index contributed by atoms with van der Waals surface area (Å²) in [5, 5.41) is 11.5. The Morgan fingerprint density at radius 3 is 2.79 bits per heavy atom. The van der Waals surface area contributed by atoms with Crippen molar-refractivity contribution in [1.29, 1.82) is 0 Å². The molecule has 0 radical (unpaired) electrons. The minimum Gasteiger partial charge on any atom is -0.457 e. The van der Waals surface area contributed by atoms with E-state index in [0.29, 0.717) is 25.3 Å². The number of para-hydroxylation sites is 1. The molecular formula is C21H27N5O3. The maximum Gasteiger partial charge on any atom is 0.310 e. The first-order valence-electron chi connectivity index (χ1n) is 10.5. The number of anilines is 1. The van der Waals surface area contributed by atoms with E-state index < -0.39 is 5.92 Å². The van der Waals surface area contributed by atoms with E-state index in [1.54, 1.807) is 4.68 Å². The standard InChI is InChI=1S/C21H27N5O3/c1-2-12-26-19(22-23-24-26)14-29-21(28)17-9-5-4-8-16(17)20(27)25-13-11-15-7-3-6-10-18(15)25/h3,6-7,10,16-17H,2,4-5,8-9,11-14H2,1H3. The van der Waals surface area contributed by atoms with Crippen LogP contribution in [-0.4, -0.2) is 38.6 Å². The summed E-state index contributed by atoms with van der Waals surface area (Å²) in [7, 11) is 0. The van der Waals surface area contributed by atoms with Gasteiger partial charge in [0.05, 0.1) is 11.8 Å². The number of rotatable bonds is 6. The van der Waals surface area contributed by atoms with Crippen LogP contribution in [0.3, 0.4) is 0 Å². The smallest absolute Gasteiger partial charge is 0.310 e. The molecule has 2 atom stereocenters. The van der Waals surface area contributed by atoms with Crippen LogP contribution in [0, 0.1) is 11.8 Å². The molecule has 1 aliphatic carbocycles.